The van der Waals surface area contributed by atoms with Crippen LogP contribution in [0.25, 0.3) is 0 Å². The average molecular weight is 312 g/mol. The van der Waals surface area contributed by atoms with E-state index in [1.165, 1.54) is 5.56 Å². The van der Waals surface area contributed by atoms with Crippen molar-refractivity contribution in [3.63, 3.8) is 0 Å². The Labute approximate surface area is 135 Å². The van der Waals surface area contributed by atoms with E-state index in [1.54, 1.807) is 7.11 Å². The van der Waals surface area contributed by atoms with Gasteiger partial charge in [0, 0.05) is 18.7 Å². The molecule has 1 aromatic rings. The van der Waals surface area contributed by atoms with Gasteiger partial charge in [-0.25, -0.2) is 0 Å². The van der Waals surface area contributed by atoms with Crippen LogP contribution in [0, 0.1) is 5.92 Å². The summed E-state index contributed by atoms with van der Waals surface area (Å²) >= 11 is 6.00. The van der Waals surface area contributed by atoms with Crippen LogP contribution < -0.4 is 5.32 Å². The van der Waals surface area contributed by atoms with Gasteiger partial charge in [-0.2, -0.15) is 0 Å². The fourth-order valence-corrected chi connectivity index (χ4v) is 2.42. The molecule has 0 aromatic heterocycles. The van der Waals surface area contributed by atoms with Crippen LogP contribution in [-0.4, -0.2) is 25.8 Å². The van der Waals surface area contributed by atoms with E-state index in [1.807, 2.05) is 12.1 Å². The molecule has 0 spiro atoms. The maximum atomic E-state index is 6.00. The van der Waals surface area contributed by atoms with E-state index in [0.29, 0.717) is 11.8 Å². The fraction of sp³-hybridized carbons (Fsp3) is 0.667. The summed E-state index contributed by atoms with van der Waals surface area (Å²) < 4.78 is 5.54. The molecule has 1 unspecified atom stereocenters. The van der Waals surface area contributed by atoms with E-state index >= 15 is 0 Å². The van der Waals surface area contributed by atoms with Gasteiger partial charge >= 0.3 is 0 Å². The first-order chi connectivity index (χ1) is 9.84. The van der Waals surface area contributed by atoms with E-state index in [2.05, 4.69) is 45.1 Å². The highest BCUT2D eigenvalue weighted by molar-refractivity contribution is 6.30. The molecule has 0 heterocycles. The number of halogens is 1. The van der Waals surface area contributed by atoms with Crippen molar-refractivity contribution in [2.45, 2.75) is 52.1 Å². The Hall–Kier alpha value is -0.570. The van der Waals surface area contributed by atoms with E-state index in [-0.39, 0.29) is 5.60 Å². The highest BCUT2D eigenvalue weighted by atomic mass is 35.5. The van der Waals surface area contributed by atoms with Gasteiger partial charge in [-0.3, -0.25) is 0 Å². The molecule has 2 nitrogen and oxygen atoms in total. The summed E-state index contributed by atoms with van der Waals surface area (Å²) in [5, 5.41) is 4.37. The summed E-state index contributed by atoms with van der Waals surface area (Å²) in [7, 11) is 1.79. The lowest BCUT2D eigenvalue weighted by atomic mass is 9.89. The molecule has 3 heteroatoms. The molecule has 0 amide bonds. The Morgan fingerprint density at radius 1 is 1.14 bits per heavy atom. The average Bonchev–Trinajstić information content (AvgIpc) is 2.43. The standard InChI is InChI=1S/C18H30ClNO/c1-14(2)12-20-13-16(10-11-18(3,4)21-5)15-6-8-17(19)9-7-15/h6-9,14,16,20H,10-13H2,1-5H3. The lowest BCUT2D eigenvalue weighted by Gasteiger charge is -2.26. The molecule has 21 heavy (non-hydrogen) atoms. The lowest BCUT2D eigenvalue weighted by Crippen LogP contribution is -2.28. The van der Waals surface area contributed by atoms with E-state index < -0.39 is 0 Å². The Balaban J connectivity index is 2.67. The fourth-order valence-electron chi connectivity index (χ4n) is 2.29. The third-order valence-electron chi connectivity index (χ3n) is 3.93. The van der Waals surface area contributed by atoms with Gasteiger partial charge < -0.3 is 10.1 Å². The first-order valence-electron chi connectivity index (χ1n) is 7.85. The first kappa shape index (κ1) is 18.5. The number of nitrogens with one attached hydrogen (secondary N) is 1. The van der Waals surface area contributed by atoms with Crippen molar-refractivity contribution in [2.24, 2.45) is 5.92 Å². The summed E-state index contributed by atoms with van der Waals surface area (Å²) in [6.45, 7) is 10.8. The summed E-state index contributed by atoms with van der Waals surface area (Å²) in [4.78, 5) is 0. The van der Waals surface area contributed by atoms with Gasteiger partial charge in [-0.1, -0.05) is 37.6 Å². The van der Waals surface area contributed by atoms with Crippen molar-refractivity contribution in [1.29, 1.82) is 0 Å². The number of hydrogen-bond acceptors (Lipinski definition) is 2. The highest BCUT2D eigenvalue weighted by Gasteiger charge is 2.20. The molecule has 1 aromatic carbocycles. The van der Waals surface area contributed by atoms with Crippen LogP contribution in [0.2, 0.25) is 5.02 Å². The first-order valence-corrected chi connectivity index (χ1v) is 8.23. The second-order valence-electron chi connectivity index (χ2n) is 6.80. The topological polar surface area (TPSA) is 21.3 Å². The molecule has 0 saturated carbocycles. The zero-order chi connectivity index (χ0) is 15.9. The Bertz CT molecular complexity index is 400. The Morgan fingerprint density at radius 3 is 2.29 bits per heavy atom. The molecule has 0 bridgehead atoms. The normalized spacial score (nSPS) is 13.7. The van der Waals surface area contributed by atoms with E-state index in [0.717, 1.165) is 31.0 Å². The molecular weight excluding hydrogens is 282 g/mol. The lowest BCUT2D eigenvalue weighted by molar-refractivity contribution is 0.0124. The van der Waals surface area contributed by atoms with Gasteiger partial charge in [0.1, 0.15) is 0 Å². The second-order valence-corrected chi connectivity index (χ2v) is 7.24. The molecule has 0 radical (unpaired) electrons. The van der Waals surface area contributed by atoms with Crippen molar-refractivity contribution >= 4 is 11.6 Å². The second kappa shape index (κ2) is 8.77. The summed E-state index contributed by atoms with van der Waals surface area (Å²) in [5.41, 5.74) is 1.28. The molecular formula is C18H30ClNO. The summed E-state index contributed by atoms with van der Waals surface area (Å²) in [5.74, 6) is 1.17. The molecule has 0 saturated heterocycles. The minimum atomic E-state index is -0.0667. The van der Waals surface area contributed by atoms with Gasteiger partial charge in [0.2, 0.25) is 0 Å². The maximum Gasteiger partial charge on any atom is 0.0623 e. The van der Waals surface area contributed by atoms with Gasteiger partial charge in [0.25, 0.3) is 0 Å². The predicted octanol–water partition coefficient (Wildman–Crippen LogP) is 4.87. The van der Waals surface area contributed by atoms with Crippen LogP contribution in [0.5, 0.6) is 0 Å². The zero-order valence-electron chi connectivity index (χ0n) is 14.1. The number of ether oxygens (including phenoxy) is 1. The summed E-state index contributed by atoms with van der Waals surface area (Å²) in [6, 6.07) is 8.25. The third-order valence-corrected chi connectivity index (χ3v) is 4.18. The predicted molar refractivity (Wildman–Crippen MR) is 92.2 cm³/mol. The van der Waals surface area contributed by atoms with Crippen LogP contribution >= 0.6 is 11.6 Å². The van der Waals surface area contributed by atoms with Gasteiger partial charge in [-0.05, 0) is 62.8 Å². The Morgan fingerprint density at radius 2 is 1.76 bits per heavy atom. The molecule has 0 fully saturated rings. The number of rotatable bonds is 9. The quantitative estimate of drug-likeness (QED) is 0.702. The zero-order valence-corrected chi connectivity index (χ0v) is 14.8. The van der Waals surface area contributed by atoms with Crippen molar-refractivity contribution < 1.29 is 4.74 Å². The van der Waals surface area contributed by atoms with Crippen LogP contribution in [0.15, 0.2) is 24.3 Å². The van der Waals surface area contributed by atoms with Crippen molar-refractivity contribution in [1.82, 2.24) is 5.32 Å². The molecule has 0 aliphatic carbocycles. The van der Waals surface area contributed by atoms with Crippen molar-refractivity contribution in [3.8, 4) is 0 Å². The van der Waals surface area contributed by atoms with Crippen LogP contribution in [0.1, 0.15) is 52.0 Å². The number of benzene rings is 1. The van der Waals surface area contributed by atoms with Crippen LogP contribution in [0.4, 0.5) is 0 Å². The van der Waals surface area contributed by atoms with Crippen molar-refractivity contribution in [3.05, 3.63) is 34.9 Å². The Kier molecular flexibility index (Phi) is 7.72. The van der Waals surface area contributed by atoms with E-state index in [9.17, 15) is 0 Å². The minimum absolute atomic E-state index is 0.0667. The minimum Gasteiger partial charge on any atom is -0.379 e. The molecule has 1 rings (SSSR count). The van der Waals surface area contributed by atoms with Gasteiger partial charge in [-0.15, -0.1) is 0 Å². The third kappa shape index (κ3) is 7.30. The van der Waals surface area contributed by atoms with Gasteiger partial charge in [0.05, 0.1) is 5.60 Å². The molecule has 1 atom stereocenters. The summed E-state index contributed by atoms with van der Waals surface area (Å²) in [6.07, 6.45) is 2.15. The number of hydrogen-bond donors (Lipinski definition) is 1. The smallest absolute Gasteiger partial charge is 0.0623 e. The molecule has 0 aliphatic rings. The maximum absolute atomic E-state index is 6.00. The highest BCUT2D eigenvalue weighted by Crippen LogP contribution is 2.27. The van der Waals surface area contributed by atoms with Crippen LogP contribution in [-0.2, 0) is 4.74 Å². The molecule has 0 aliphatic heterocycles. The van der Waals surface area contributed by atoms with E-state index in [4.69, 9.17) is 16.3 Å². The largest absolute Gasteiger partial charge is 0.379 e. The van der Waals surface area contributed by atoms with Crippen molar-refractivity contribution in [2.75, 3.05) is 20.2 Å². The van der Waals surface area contributed by atoms with Crippen LogP contribution in [0.3, 0.4) is 0 Å². The monoisotopic (exact) mass is 311 g/mol. The van der Waals surface area contributed by atoms with Gasteiger partial charge in [0.15, 0.2) is 0 Å². The number of methoxy groups -OCH3 is 1. The SMILES string of the molecule is COC(C)(C)CCC(CNCC(C)C)c1ccc(Cl)cc1. The molecule has 1 N–H and O–H groups in total. The molecule has 120 valence electrons.